The van der Waals surface area contributed by atoms with Gasteiger partial charge in [0.05, 0.1) is 11.9 Å². The quantitative estimate of drug-likeness (QED) is 0.366. The van der Waals surface area contributed by atoms with Crippen molar-refractivity contribution in [2.45, 2.75) is 84.8 Å². The van der Waals surface area contributed by atoms with E-state index < -0.39 is 0 Å². The van der Waals surface area contributed by atoms with Gasteiger partial charge in [-0.1, -0.05) is 69.7 Å². The van der Waals surface area contributed by atoms with E-state index in [1.54, 1.807) is 0 Å². The monoisotopic (exact) mass is 429 g/mol. The third-order valence-electron chi connectivity index (χ3n) is 7.18. The molecule has 1 heterocycles. The summed E-state index contributed by atoms with van der Waals surface area (Å²) in [7, 11) is 2.29. The van der Waals surface area contributed by atoms with Gasteiger partial charge in [0.1, 0.15) is 5.82 Å². The van der Waals surface area contributed by atoms with Crippen LogP contribution < -0.4 is 0 Å². The molecule has 32 heavy (non-hydrogen) atoms. The number of benzene rings is 2. The van der Waals surface area contributed by atoms with E-state index in [2.05, 4.69) is 85.9 Å². The fourth-order valence-corrected chi connectivity index (χ4v) is 5.38. The molecule has 3 heteroatoms. The fraction of sp³-hybridized carbons (Fsp3) is 0.483. The lowest BCUT2D eigenvalue weighted by Crippen LogP contribution is -2.28. The molecule has 0 saturated heterocycles. The normalized spacial score (nSPS) is 15.8. The Morgan fingerprint density at radius 2 is 1.75 bits per heavy atom. The Kier molecular flexibility index (Phi) is 7.47. The van der Waals surface area contributed by atoms with Crippen LogP contribution in [-0.2, 0) is 32.4 Å². The molecule has 4 rings (SSSR count). The molecular weight excluding hydrogens is 390 g/mol. The number of hydrogen-bond acceptors (Lipinski definition) is 2. The van der Waals surface area contributed by atoms with Gasteiger partial charge in [0.2, 0.25) is 0 Å². The van der Waals surface area contributed by atoms with Gasteiger partial charge in [0, 0.05) is 24.7 Å². The number of imidazole rings is 1. The summed E-state index contributed by atoms with van der Waals surface area (Å²) in [5.74, 6) is 1.17. The molecule has 1 aliphatic rings. The van der Waals surface area contributed by atoms with Gasteiger partial charge in [0.25, 0.3) is 0 Å². The van der Waals surface area contributed by atoms with Crippen molar-refractivity contribution in [1.82, 2.24) is 14.5 Å². The molecule has 2 aromatic carbocycles. The van der Waals surface area contributed by atoms with Gasteiger partial charge >= 0.3 is 0 Å². The zero-order valence-corrected chi connectivity index (χ0v) is 20.4. The second-order valence-corrected chi connectivity index (χ2v) is 9.26. The molecule has 0 N–H and O–H groups in total. The summed E-state index contributed by atoms with van der Waals surface area (Å²) < 4.78 is 2.52. The summed E-state index contributed by atoms with van der Waals surface area (Å²) in [4.78, 5) is 7.58. The van der Waals surface area contributed by atoms with Gasteiger partial charge in [-0.05, 0) is 67.8 Å². The lowest BCUT2D eigenvalue weighted by molar-refractivity contribution is 0.208. The first-order valence-electron chi connectivity index (χ1n) is 12.6. The highest BCUT2D eigenvalue weighted by Gasteiger charge is 2.25. The largest absolute Gasteiger partial charge is 0.327 e. The molecule has 0 radical (unpaired) electrons. The molecular formula is C29H39N3. The van der Waals surface area contributed by atoms with Crippen LogP contribution in [-0.4, -0.2) is 21.5 Å². The topological polar surface area (TPSA) is 21.1 Å². The third-order valence-corrected chi connectivity index (χ3v) is 7.18. The zero-order chi connectivity index (χ0) is 22.5. The number of aromatic nitrogens is 2. The molecule has 0 aliphatic heterocycles. The van der Waals surface area contributed by atoms with Crippen molar-refractivity contribution in [3.8, 4) is 11.4 Å². The number of unbranched alkanes of at least 4 members (excludes halogenated alkanes) is 1. The molecule has 0 spiro atoms. The maximum atomic E-state index is 5.04. The first-order valence-corrected chi connectivity index (χ1v) is 12.6. The average Bonchev–Trinajstić information content (AvgIpc) is 3.23. The molecule has 1 unspecified atom stereocenters. The lowest BCUT2D eigenvalue weighted by atomic mass is 9.87. The Labute approximate surface area is 194 Å². The van der Waals surface area contributed by atoms with Crippen molar-refractivity contribution in [2.75, 3.05) is 7.05 Å². The van der Waals surface area contributed by atoms with Gasteiger partial charge in [-0.25, -0.2) is 4.98 Å². The molecule has 0 fully saturated rings. The van der Waals surface area contributed by atoms with E-state index in [0.717, 1.165) is 25.9 Å². The van der Waals surface area contributed by atoms with E-state index >= 15 is 0 Å². The van der Waals surface area contributed by atoms with E-state index in [4.69, 9.17) is 4.98 Å². The first-order chi connectivity index (χ1) is 15.7. The van der Waals surface area contributed by atoms with E-state index in [-0.39, 0.29) is 0 Å². The van der Waals surface area contributed by atoms with Crippen LogP contribution in [0.4, 0.5) is 0 Å². The number of hydrogen-bond donors (Lipinski definition) is 0. The van der Waals surface area contributed by atoms with Crippen molar-refractivity contribution in [3.05, 3.63) is 76.6 Å². The molecule has 1 aliphatic carbocycles. The van der Waals surface area contributed by atoms with Crippen molar-refractivity contribution in [3.63, 3.8) is 0 Å². The summed E-state index contributed by atoms with van der Waals surface area (Å²) in [6.07, 6.45) is 10.3. The molecule has 3 nitrogen and oxygen atoms in total. The fourth-order valence-electron chi connectivity index (χ4n) is 5.38. The lowest BCUT2D eigenvalue weighted by Gasteiger charge is -2.33. The number of aryl methyl sites for hydroxylation is 3. The van der Waals surface area contributed by atoms with E-state index in [0.29, 0.717) is 6.04 Å². The zero-order valence-electron chi connectivity index (χ0n) is 20.4. The van der Waals surface area contributed by atoms with Crippen LogP contribution in [0, 0.1) is 0 Å². The third kappa shape index (κ3) is 4.54. The smallest absolute Gasteiger partial charge is 0.140 e. The first kappa shape index (κ1) is 22.8. The Hall–Kier alpha value is -2.39. The predicted molar refractivity (Wildman–Crippen MR) is 135 cm³/mol. The molecule has 0 saturated carbocycles. The van der Waals surface area contributed by atoms with Crippen LogP contribution in [0.1, 0.15) is 80.4 Å². The van der Waals surface area contributed by atoms with Gasteiger partial charge in [0.15, 0.2) is 0 Å². The van der Waals surface area contributed by atoms with E-state index in [1.165, 1.54) is 71.4 Å². The van der Waals surface area contributed by atoms with Crippen molar-refractivity contribution in [2.24, 2.45) is 0 Å². The summed E-state index contributed by atoms with van der Waals surface area (Å²) in [5, 5.41) is 0. The number of rotatable bonds is 9. The van der Waals surface area contributed by atoms with Crippen LogP contribution in [0.2, 0.25) is 0 Å². The number of fused-ring (bicyclic) bond motifs is 1. The van der Waals surface area contributed by atoms with Crippen LogP contribution in [0.25, 0.3) is 11.4 Å². The summed E-state index contributed by atoms with van der Waals surface area (Å²) in [6, 6.07) is 16.3. The van der Waals surface area contributed by atoms with Gasteiger partial charge in [-0.3, -0.25) is 4.90 Å². The Bertz CT molecular complexity index is 1010. The van der Waals surface area contributed by atoms with Crippen LogP contribution in [0.5, 0.6) is 0 Å². The summed E-state index contributed by atoms with van der Waals surface area (Å²) in [6.45, 7) is 8.77. The maximum absolute atomic E-state index is 5.04. The highest BCUT2D eigenvalue weighted by molar-refractivity contribution is 5.66. The minimum Gasteiger partial charge on any atom is -0.327 e. The van der Waals surface area contributed by atoms with Gasteiger partial charge in [-0.15, -0.1) is 0 Å². The highest BCUT2D eigenvalue weighted by atomic mass is 15.2. The Morgan fingerprint density at radius 3 is 2.47 bits per heavy atom. The standard InChI is InChI=1S/C29H39N3/c1-5-8-19-32-25(20-30-29(32)28-22(6-2)14-11-15-23(28)7-3)21-31(4)27-18-12-16-24-13-9-10-17-26(24)27/h9-11,13-15,17,20,27H,5-8,12,16,18-19,21H2,1-4H3. The highest BCUT2D eigenvalue weighted by Crippen LogP contribution is 2.35. The second kappa shape index (κ2) is 10.5. The summed E-state index contributed by atoms with van der Waals surface area (Å²) in [5.41, 5.74) is 8.58. The van der Waals surface area contributed by atoms with E-state index in [9.17, 15) is 0 Å². The Morgan fingerprint density at radius 1 is 1.00 bits per heavy atom. The van der Waals surface area contributed by atoms with Crippen LogP contribution in [0.15, 0.2) is 48.7 Å². The van der Waals surface area contributed by atoms with Gasteiger partial charge in [-0.2, -0.15) is 0 Å². The number of nitrogens with zero attached hydrogens (tertiary/aromatic N) is 3. The molecule has 1 atom stereocenters. The Balaban J connectivity index is 1.69. The van der Waals surface area contributed by atoms with Crippen molar-refractivity contribution >= 4 is 0 Å². The molecule has 170 valence electrons. The summed E-state index contributed by atoms with van der Waals surface area (Å²) >= 11 is 0. The van der Waals surface area contributed by atoms with Gasteiger partial charge < -0.3 is 4.57 Å². The van der Waals surface area contributed by atoms with Crippen molar-refractivity contribution in [1.29, 1.82) is 0 Å². The molecule has 3 aromatic rings. The molecule has 0 amide bonds. The molecule has 0 bridgehead atoms. The SMILES string of the molecule is CCCCn1c(CN(C)C2CCCc3ccccc32)cnc1-c1c(CC)cccc1CC. The van der Waals surface area contributed by atoms with Crippen molar-refractivity contribution < 1.29 is 0 Å². The predicted octanol–water partition coefficient (Wildman–Crippen LogP) is 6.98. The van der Waals surface area contributed by atoms with Crippen LogP contribution >= 0.6 is 0 Å². The molecule has 1 aromatic heterocycles. The minimum absolute atomic E-state index is 0.493. The second-order valence-electron chi connectivity index (χ2n) is 9.26. The maximum Gasteiger partial charge on any atom is 0.140 e. The average molecular weight is 430 g/mol. The minimum atomic E-state index is 0.493. The van der Waals surface area contributed by atoms with Crippen LogP contribution in [0.3, 0.4) is 0 Å². The van der Waals surface area contributed by atoms with E-state index in [1.807, 2.05) is 0 Å².